The standard InChI is InChI=1S/C6H6N4.C6H6O3S/c7-5-1-2-8-6-4(5)3-9-10-6;7-10(8,9)6-4-2-1-3-5-6/h1-3H,(H3,7,8,9,10);1-5H,(H,7,8,9). The highest BCUT2D eigenvalue weighted by molar-refractivity contribution is 7.85. The molecule has 104 valence electrons. The Morgan fingerprint density at radius 1 is 1.15 bits per heavy atom. The third-order valence-electron chi connectivity index (χ3n) is 2.43. The molecule has 3 rings (SSSR count). The second-order valence-corrected chi connectivity index (χ2v) is 5.24. The van der Waals surface area contributed by atoms with Crippen molar-refractivity contribution >= 4 is 26.8 Å². The van der Waals surface area contributed by atoms with E-state index < -0.39 is 10.1 Å². The zero-order valence-corrected chi connectivity index (χ0v) is 11.1. The summed E-state index contributed by atoms with van der Waals surface area (Å²) in [5.41, 5.74) is 7.04. The molecule has 0 amide bonds. The molecular formula is C12H12N4O3S. The van der Waals surface area contributed by atoms with Gasteiger partial charge in [-0.3, -0.25) is 9.65 Å². The first-order valence-corrected chi connectivity index (χ1v) is 6.98. The number of fused-ring (bicyclic) bond motifs is 1. The number of nitrogens with one attached hydrogen (secondary N) is 1. The predicted molar refractivity (Wildman–Crippen MR) is 74.6 cm³/mol. The van der Waals surface area contributed by atoms with Crippen LogP contribution in [0.2, 0.25) is 0 Å². The van der Waals surface area contributed by atoms with Crippen molar-refractivity contribution in [3.05, 3.63) is 48.8 Å². The molecule has 0 saturated heterocycles. The van der Waals surface area contributed by atoms with Gasteiger partial charge in [0.05, 0.1) is 16.5 Å². The number of nitrogens with two attached hydrogens (primary N) is 1. The quantitative estimate of drug-likeness (QED) is 0.584. The monoisotopic (exact) mass is 292 g/mol. The third kappa shape index (κ3) is 3.31. The van der Waals surface area contributed by atoms with E-state index in [1.54, 1.807) is 36.7 Å². The molecule has 0 spiro atoms. The Kier molecular flexibility index (Phi) is 3.97. The molecule has 20 heavy (non-hydrogen) atoms. The van der Waals surface area contributed by atoms with Crippen molar-refractivity contribution in [1.82, 2.24) is 15.2 Å². The molecule has 0 bridgehead atoms. The van der Waals surface area contributed by atoms with Crippen molar-refractivity contribution in [2.45, 2.75) is 4.90 Å². The maximum Gasteiger partial charge on any atom is 0.294 e. The van der Waals surface area contributed by atoms with Gasteiger partial charge in [0.1, 0.15) is 0 Å². The number of benzene rings is 1. The Morgan fingerprint density at radius 3 is 2.40 bits per heavy atom. The molecule has 1 aromatic carbocycles. The van der Waals surface area contributed by atoms with Crippen LogP contribution in [0.5, 0.6) is 0 Å². The summed E-state index contributed by atoms with van der Waals surface area (Å²) in [5.74, 6) is 0. The topological polar surface area (TPSA) is 122 Å². The predicted octanol–water partition coefficient (Wildman–Crippen LogP) is 1.47. The summed E-state index contributed by atoms with van der Waals surface area (Å²) in [4.78, 5) is 3.93. The van der Waals surface area contributed by atoms with Crippen LogP contribution in [-0.4, -0.2) is 28.2 Å². The molecule has 0 fully saturated rings. The number of anilines is 1. The van der Waals surface area contributed by atoms with Crippen LogP contribution < -0.4 is 5.73 Å². The van der Waals surface area contributed by atoms with E-state index in [1.165, 1.54) is 12.1 Å². The maximum atomic E-state index is 10.4. The minimum Gasteiger partial charge on any atom is -0.398 e. The lowest BCUT2D eigenvalue weighted by Gasteiger charge is -1.92. The number of nitrogens with zero attached hydrogens (tertiary/aromatic N) is 2. The van der Waals surface area contributed by atoms with E-state index in [1.807, 2.05) is 0 Å². The Morgan fingerprint density at radius 2 is 1.85 bits per heavy atom. The summed E-state index contributed by atoms with van der Waals surface area (Å²) >= 11 is 0. The molecule has 0 radical (unpaired) electrons. The highest BCUT2D eigenvalue weighted by atomic mass is 32.2. The Hall–Kier alpha value is -2.45. The van der Waals surface area contributed by atoms with Gasteiger partial charge in [0.15, 0.2) is 5.65 Å². The van der Waals surface area contributed by atoms with Crippen LogP contribution in [0.4, 0.5) is 5.69 Å². The van der Waals surface area contributed by atoms with Gasteiger partial charge < -0.3 is 5.73 Å². The van der Waals surface area contributed by atoms with Crippen LogP contribution in [-0.2, 0) is 10.1 Å². The lowest BCUT2D eigenvalue weighted by atomic mass is 10.3. The van der Waals surface area contributed by atoms with Crippen molar-refractivity contribution < 1.29 is 13.0 Å². The fourth-order valence-electron chi connectivity index (χ4n) is 1.46. The summed E-state index contributed by atoms with van der Waals surface area (Å²) in [5, 5.41) is 7.39. The van der Waals surface area contributed by atoms with Crippen LogP contribution in [0, 0.1) is 0 Å². The first-order valence-electron chi connectivity index (χ1n) is 5.54. The largest absolute Gasteiger partial charge is 0.398 e. The van der Waals surface area contributed by atoms with Crippen LogP contribution in [0.25, 0.3) is 11.0 Å². The van der Waals surface area contributed by atoms with Crippen molar-refractivity contribution in [2.75, 3.05) is 5.73 Å². The van der Waals surface area contributed by atoms with Gasteiger partial charge in [-0.1, -0.05) is 18.2 Å². The zero-order valence-electron chi connectivity index (χ0n) is 10.3. The van der Waals surface area contributed by atoms with E-state index >= 15 is 0 Å². The number of rotatable bonds is 1. The van der Waals surface area contributed by atoms with Crippen LogP contribution >= 0.6 is 0 Å². The molecule has 8 heteroatoms. The van der Waals surface area contributed by atoms with Crippen LogP contribution in [0.15, 0.2) is 53.7 Å². The smallest absolute Gasteiger partial charge is 0.294 e. The first kappa shape index (κ1) is 14.0. The lowest BCUT2D eigenvalue weighted by molar-refractivity contribution is 0.483. The Balaban J connectivity index is 0.000000147. The highest BCUT2D eigenvalue weighted by Crippen LogP contribution is 2.14. The molecule has 0 saturated carbocycles. The van der Waals surface area contributed by atoms with E-state index in [2.05, 4.69) is 15.2 Å². The molecule has 2 heterocycles. The minimum atomic E-state index is -4.00. The van der Waals surface area contributed by atoms with Gasteiger partial charge in [-0.2, -0.15) is 13.5 Å². The summed E-state index contributed by atoms with van der Waals surface area (Å²) in [6.07, 6.45) is 3.31. The van der Waals surface area contributed by atoms with E-state index in [-0.39, 0.29) is 4.90 Å². The highest BCUT2D eigenvalue weighted by Gasteiger charge is 2.05. The maximum absolute atomic E-state index is 10.4. The molecule has 0 atom stereocenters. The van der Waals surface area contributed by atoms with Gasteiger partial charge in [0.2, 0.25) is 0 Å². The number of aromatic amines is 1. The lowest BCUT2D eigenvalue weighted by Crippen LogP contribution is -1.96. The van der Waals surface area contributed by atoms with Crippen molar-refractivity contribution in [3.63, 3.8) is 0 Å². The van der Waals surface area contributed by atoms with Crippen molar-refractivity contribution in [3.8, 4) is 0 Å². The first-order chi connectivity index (χ1) is 9.48. The molecule has 4 N–H and O–H groups in total. The fraction of sp³-hybridized carbons (Fsp3) is 0. The van der Waals surface area contributed by atoms with Gasteiger partial charge in [0.25, 0.3) is 10.1 Å². The van der Waals surface area contributed by atoms with Crippen molar-refractivity contribution in [1.29, 1.82) is 0 Å². The normalized spacial score (nSPS) is 10.8. The SMILES string of the molecule is Nc1ccnc2[nH]ncc12.O=S(=O)(O)c1ccccc1. The van der Waals surface area contributed by atoms with Gasteiger partial charge in [-0.05, 0) is 18.2 Å². The summed E-state index contributed by atoms with van der Waals surface area (Å²) in [6.45, 7) is 0. The van der Waals surface area contributed by atoms with E-state index in [0.29, 0.717) is 5.69 Å². The summed E-state index contributed by atoms with van der Waals surface area (Å²) in [6, 6.07) is 9.17. The molecule has 0 aliphatic heterocycles. The van der Waals surface area contributed by atoms with Crippen molar-refractivity contribution in [2.24, 2.45) is 0 Å². The Labute approximate surface area is 115 Å². The van der Waals surface area contributed by atoms with Crippen LogP contribution in [0.3, 0.4) is 0 Å². The Bertz CT molecular complexity index is 800. The molecular weight excluding hydrogens is 280 g/mol. The number of H-pyrrole nitrogens is 1. The molecule has 3 aromatic rings. The van der Waals surface area contributed by atoms with Gasteiger partial charge in [-0.15, -0.1) is 0 Å². The number of hydrogen-bond acceptors (Lipinski definition) is 5. The molecule has 0 aliphatic rings. The zero-order chi connectivity index (χ0) is 14.6. The molecule has 0 unspecified atom stereocenters. The van der Waals surface area contributed by atoms with Crippen LogP contribution in [0.1, 0.15) is 0 Å². The van der Waals surface area contributed by atoms with Gasteiger partial charge in [0, 0.05) is 11.9 Å². The molecule has 0 aliphatic carbocycles. The molecule has 7 nitrogen and oxygen atoms in total. The average Bonchev–Trinajstić information content (AvgIpc) is 2.89. The number of aromatic nitrogens is 3. The van der Waals surface area contributed by atoms with E-state index in [9.17, 15) is 8.42 Å². The third-order valence-corrected chi connectivity index (χ3v) is 3.30. The second-order valence-electron chi connectivity index (χ2n) is 3.82. The average molecular weight is 292 g/mol. The summed E-state index contributed by atoms with van der Waals surface area (Å²) < 4.78 is 29.2. The number of nitrogen functional groups attached to an aromatic ring is 1. The van der Waals surface area contributed by atoms with Gasteiger partial charge in [-0.25, -0.2) is 4.98 Å². The number of hydrogen-bond donors (Lipinski definition) is 3. The minimum absolute atomic E-state index is 0.0741. The van der Waals surface area contributed by atoms with E-state index in [4.69, 9.17) is 10.3 Å². The second kappa shape index (κ2) is 5.68. The van der Waals surface area contributed by atoms with E-state index in [0.717, 1.165) is 11.0 Å². The fourth-order valence-corrected chi connectivity index (χ4v) is 1.96. The molecule has 2 aromatic heterocycles. The summed E-state index contributed by atoms with van der Waals surface area (Å²) in [7, 11) is -4.00. The number of pyridine rings is 1. The van der Waals surface area contributed by atoms with Gasteiger partial charge >= 0.3 is 0 Å².